The van der Waals surface area contributed by atoms with E-state index in [1.54, 1.807) is 0 Å². The van der Waals surface area contributed by atoms with Gasteiger partial charge in [0.15, 0.2) is 0 Å². The Bertz CT molecular complexity index is 754. The van der Waals surface area contributed by atoms with Crippen molar-refractivity contribution in [1.29, 1.82) is 0 Å². The largest absolute Gasteiger partial charge is 0.0679 e. The molecule has 0 N–H and O–H groups in total. The van der Waals surface area contributed by atoms with Gasteiger partial charge in [-0.25, -0.2) is 0 Å². The van der Waals surface area contributed by atoms with Crippen molar-refractivity contribution in [2.24, 2.45) is 50.7 Å². The number of hydrogen-bond donors (Lipinski definition) is 0. The zero-order chi connectivity index (χ0) is 21.7. The lowest BCUT2D eigenvalue weighted by Crippen LogP contribution is -2.65. The third-order valence-electron chi connectivity index (χ3n) is 13.0. The van der Waals surface area contributed by atoms with Crippen LogP contribution in [0.2, 0.25) is 0 Å². The van der Waals surface area contributed by atoms with Crippen LogP contribution in [-0.2, 0) is 0 Å². The quantitative estimate of drug-likeness (QED) is 0.378. The third-order valence-corrected chi connectivity index (χ3v) is 13.0. The van der Waals surface area contributed by atoms with Gasteiger partial charge in [0.05, 0.1) is 0 Å². The predicted octanol–water partition coefficient (Wildman–Crippen LogP) is 9.20. The van der Waals surface area contributed by atoms with E-state index in [9.17, 15) is 0 Å². The van der Waals surface area contributed by atoms with Gasteiger partial charge in [0.2, 0.25) is 0 Å². The van der Waals surface area contributed by atoms with Crippen molar-refractivity contribution in [3.63, 3.8) is 0 Å². The first-order chi connectivity index (χ1) is 13.9. The Morgan fingerprint density at radius 1 is 0.667 bits per heavy atom. The zero-order valence-electron chi connectivity index (χ0n) is 21.6. The lowest BCUT2D eigenvalue weighted by Gasteiger charge is -2.72. The minimum absolute atomic E-state index is 0.504. The van der Waals surface area contributed by atoms with Crippen molar-refractivity contribution in [3.05, 3.63) is 11.1 Å². The Kier molecular flexibility index (Phi) is 4.61. The second-order valence-corrected chi connectivity index (χ2v) is 14.5. The standard InChI is InChI=1S/C30H50/c1-20(2)21-12-17-27(5)22(21)13-18-29(7)24(27)10-11-25-28(6)16-9-15-26(3,4)23(28)14-19-30(25,29)8/h20,23-25H,9-19H2,1-8H3/t23-,24+,25-,27-,28-,29+,30+/m0/s1. The third kappa shape index (κ3) is 2.46. The van der Waals surface area contributed by atoms with Crippen molar-refractivity contribution in [2.75, 3.05) is 0 Å². The van der Waals surface area contributed by atoms with Crippen LogP contribution in [0, 0.1) is 50.7 Å². The molecule has 7 atom stereocenters. The van der Waals surface area contributed by atoms with Gasteiger partial charge in [-0.1, -0.05) is 73.0 Å². The number of hydrogen-bond acceptors (Lipinski definition) is 0. The molecule has 0 spiro atoms. The molecule has 30 heavy (non-hydrogen) atoms. The van der Waals surface area contributed by atoms with Crippen LogP contribution >= 0.6 is 0 Å². The highest BCUT2D eigenvalue weighted by Gasteiger charge is 2.69. The molecule has 0 heterocycles. The van der Waals surface area contributed by atoms with Crippen molar-refractivity contribution < 1.29 is 0 Å². The van der Waals surface area contributed by atoms with Crippen LogP contribution in [-0.4, -0.2) is 0 Å². The van der Waals surface area contributed by atoms with Gasteiger partial charge in [-0.2, -0.15) is 0 Å². The molecule has 4 saturated carbocycles. The van der Waals surface area contributed by atoms with Crippen LogP contribution in [0.15, 0.2) is 11.1 Å². The molecule has 5 aliphatic carbocycles. The molecule has 0 nitrogen and oxygen atoms in total. The molecule has 0 aliphatic heterocycles. The smallest absolute Gasteiger partial charge is 0.00769 e. The Labute approximate surface area is 188 Å². The van der Waals surface area contributed by atoms with E-state index >= 15 is 0 Å². The van der Waals surface area contributed by atoms with Gasteiger partial charge >= 0.3 is 0 Å². The maximum Gasteiger partial charge on any atom is -0.00769 e. The lowest BCUT2D eigenvalue weighted by molar-refractivity contribution is -0.226. The summed E-state index contributed by atoms with van der Waals surface area (Å²) in [5.41, 5.74) is 6.51. The minimum Gasteiger partial charge on any atom is -0.0679 e. The summed E-state index contributed by atoms with van der Waals surface area (Å²) in [6.45, 7) is 21.2. The lowest BCUT2D eigenvalue weighted by atomic mass is 9.32. The normalized spacial score (nSPS) is 52.5. The summed E-state index contributed by atoms with van der Waals surface area (Å²) < 4.78 is 0. The van der Waals surface area contributed by atoms with Crippen LogP contribution in [0.5, 0.6) is 0 Å². The van der Waals surface area contributed by atoms with Gasteiger partial charge in [0.25, 0.3) is 0 Å². The summed E-state index contributed by atoms with van der Waals surface area (Å²) in [5, 5.41) is 0. The molecule has 170 valence electrons. The van der Waals surface area contributed by atoms with Crippen LogP contribution in [0.3, 0.4) is 0 Å². The SMILES string of the molecule is CC(C)C1=C2CC[C@]3(C)[C@H](CC[C@H]4[C@@]5(C)CCCC(C)(C)[C@@H]5CC[C@]43C)[C@@]2(C)CC1. The van der Waals surface area contributed by atoms with Gasteiger partial charge in [-0.3, -0.25) is 0 Å². The minimum atomic E-state index is 0.504. The highest BCUT2D eigenvalue weighted by Crippen LogP contribution is 2.77. The number of allylic oxidation sites excluding steroid dienone is 2. The van der Waals surface area contributed by atoms with Crippen molar-refractivity contribution in [3.8, 4) is 0 Å². The monoisotopic (exact) mass is 410 g/mol. The molecular weight excluding hydrogens is 360 g/mol. The van der Waals surface area contributed by atoms with Gasteiger partial charge in [0.1, 0.15) is 0 Å². The molecule has 0 amide bonds. The van der Waals surface area contributed by atoms with E-state index in [2.05, 4.69) is 55.4 Å². The Morgan fingerprint density at radius 2 is 1.33 bits per heavy atom. The fourth-order valence-corrected chi connectivity index (χ4v) is 11.4. The summed E-state index contributed by atoms with van der Waals surface area (Å²) in [6.07, 6.45) is 16.2. The van der Waals surface area contributed by atoms with Crippen LogP contribution in [0.25, 0.3) is 0 Å². The molecule has 0 bridgehead atoms. The Hall–Kier alpha value is -0.260. The van der Waals surface area contributed by atoms with Crippen LogP contribution < -0.4 is 0 Å². The highest BCUT2D eigenvalue weighted by atomic mass is 14.7. The Morgan fingerprint density at radius 3 is 2.03 bits per heavy atom. The molecule has 0 aromatic carbocycles. The molecular formula is C30H50. The fraction of sp³-hybridized carbons (Fsp3) is 0.933. The first-order valence-corrected chi connectivity index (χ1v) is 13.6. The van der Waals surface area contributed by atoms with Crippen molar-refractivity contribution in [2.45, 2.75) is 126 Å². The topological polar surface area (TPSA) is 0 Å². The first-order valence-electron chi connectivity index (χ1n) is 13.6. The van der Waals surface area contributed by atoms with Gasteiger partial charge < -0.3 is 0 Å². The van der Waals surface area contributed by atoms with Gasteiger partial charge in [0, 0.05) is 0 Å². The summed E-state index contributed by atoms with van der Waals surface area (Å²) >= 11 is 0. The molecule has 0 unspecified atom stereocenters. The van der Waals surface area contributed by atoms with E-state index in [0.717, 1.165) is 23.7 Å². The van der Waals surface area contributed by atoms with Crippen LogP contribution in [0.1, 0.15) is 126 Å². The molecule has 5 rings (SSSR count). The van der Waals surface area contributed by atoms with Crippen molar-refractivity contribution in [1.82, 2.24) is 0 Å². The van der Waals surface area contributed by atoms with E-state index in [1.807, 2.05) is 11.1 Å². The van der Waals surface area contributed by atoms with Crippen LogP contribution in [0.4, 0.5) is 0 Å². The van der Waals surface area contributed by atoms with E-state index in [0.29, 0.717) is 27.1 Å². The first kappa shape index (κ1) is 21.6. The number of fused-ring (bicyclic) bond motifs is 7. The summed E-state index contributed by atoms with van der Waals surface area (Å²) in [7, 11) is 0. The molecule has 0 aromatic heterocycles. The summed E-state index contributed by atoms with van der Waals surface area (Å²) in [5.74, 6) is 3.58. The predicted molar refractivity (Wildman–Crippen MR) is 129 cm³/mol. The summed E-state index contributed by atoms with van der Waals surface area (Å²) in [6, 6.07) is 0. The number of rotatable bonds is 1. The van der Waals surface area contributed by atoms with E-state index < -0.39 is 0 Å². The fourth-order valence-electron chi connectivity index (χ4n) is 11.4. The molecule has 0 saturated heterocycles. The molecule has 0 heteroatoms. The van der Waals surface area contributed by atoms with E-state index in [1.165, 1.54) is 70.6 Å². The molecule has 0 radical (unpaired) electrons. The van der Waals surface area contributed by atoms with E-state index in [-0.39, 0.29) is 0 Å². The molecule has 4 fully saturated rings. The summed E-state index contributed by atoms with van der Waals surface area (Å²) in [4.78, 5) is 0. The maximum atomic E-state index is 2.79. The average Bonchev–Trinajstić information content (AvgIpc) is 2.99. The van der Waals surface area contributed by atoms with Gasteiger partial charge in [-0.15, -0.1) is 0 Å². The maximum absolute atomic E-state index is 2.79. The molecule has 5 aliphatic rings. The highest BCUT2D eigenvalue weighted by molar-refractivity contribution is 5.35. The average molecular weight is 411 g/mol. The second kappa shape index (κ2) is 6.41. The Balaban J connectivity index is 1.55. The van der Waals surface area contributed by atoms with E-state index in [4.69, 9.17) is 0 Å². The second-order valence-electron chi connectivity index (χ2n) is 14.5. The van der Waals surface area contributed by atoms with Crippen molar-refractivity contribution >= 4 is 0 Å². The zero-order valence-corrected chi connectivity index (χ0v) is 21.6. The molecule has 0 aromatic rings. The van der Waals surface area contributed by atoms with Gasteiger partial charge in [-0.05, 0) is 115 Å².